The van der Waals surface area contributed by atoms with Gasteiger partial charge >= 0.3 is 0 Å². The van der Waals surface area contributed by atoms with Crippen LogP contribution in [0.1, 0.15) is 19.8 Å². The average molecular weight is 200 g/mol. The summed E-state index contributed by atoms with van der Waals surface area (Å²) < 4.78 is 5.21. The predicted octanol–water partition coefficient (Wildman–Crippen LogP) is 0.235. The maximum Gasteiger partial charge on any atom is 0.234 e. The van der Waals surface area contributed by atoms with Crippen LogP contribution in [-0.4, -0.2) is 50.2 Å². The van der Waals surface area contributed by atoms with E-state index in [-0.39, 0.29) is 5.91 Å². The van der Waals surface area contributed by atoms with Crippen molar-refractivity contribution in [3.63, 3.8) is 0 Å². The highest BCUT2D eigenvalue weighted by Gasteiger charge is 2.13. The third-order valence-corrected chi connectivity index (χ3v) is 2.32. The summed E-state index contributed by atoms with van der Waals surface area (Å²) in [6.45, 7) is 6.70. The molecule has 1 rings (SSSR count). The van der Waals surface area contributed by atoms with E-state index in [9.17, 15) is 4.79 Å². The van der Waals surface area contributed by atoms with Crippen molar-refractivity contribution in [2.45, 2.75) is 19.8 Å². The van der Waals surface area contributed by atoms with Crippen molar-refractivity contribution in [2.24, 2.45) is 0 Å². The van der Waals surface area contributed by atoms with Gasteiger partial charge in [-0.2, -0.15) is 0 Å². The number of amides is 1. The molecule has 0 aromatic heterocycles. The molecule has 1 aliphatic heterocycles. The molecule has 0 radical (unpaired) electrons. The summed E-state index contributed by atoms with van der Waals surface area (Å²) >= 11 is 0. The molecule has 0 aromatic rings. The van der Waals surface area contributed by atoms with Gasteiger partial charge in [0.15, 0.2) is 0 Å². The molecule has 82 valence electrons. The molecular formula is C10H20N2O2. The van der Waals surface area contributed by atoms with Gasteiger partial charge in [0.1, 0.15) is 0 Å². The van der Waals surface area contributed by atoms with Crippen LogP contribution < -0.4 is 5.32 Å². The van der Waals surface area contributed by atoms with Crippen molar-refractivity contribution in [1.29, 1.82) is 0 Å². The number of hydrogen-bond acceptors (Lipinski definition) is 3. The van der Waals surface area contributed by atoms with Crippen molar-refractivity contribution >= 4 is 5.91 Å². The molecule has 1 aliphatic rings. The van der Waals surface area contributed by atoms with Crippen LogP contribution in [-0.2, 0) is 9.53 Å². The molecule has 1 N–H and O–H groups in total. The van der Waals surface area contributed by atoms with Gasteiger partial charge in [0.05, 0.1) is 19.8 Å². The van der Waals surface area contributed by atoms with Gasteiger partial charge in [0.25, 0.3) is 0 Å². The van der Waals surface area contributed by atoms with E-state index in [2.05, 4.69) is 17.1 Å². The lowest BCUT2D eigenvalue weighted by Gasteiger charge is -2.25. The van der Waals surface area contributed by atoms with E-state index in [1.807, 2.05) is 0 Å². The van der Waals surface area contributed by atoms with Gasteiger partial charge in [0, 0.05) is 19.6 Å². The minimum atomic E-state index is 0.139. The number of rotatable bonds is 5. The quantitative estimate of drug-likeness (QED) is 0.646. The van der Waals surface area contributed by atoms with Gasteiger partial charge in [-0.15, -0.1) is 0 Å². The Morgan fingerprint density at radius 1 is 1.43 bits per heavy atom. The summed E-state index contributed by atoms with van der Waals surface area (Å²) in [4.78, 5) is 13.5. The molecule has 0 unspecified atom stereocenters. The Labute approximate surface area is 85.6 Å². The van der Waals surface area contributed by atoms with Gasteiger partial charge in [-0.3, -0.25) is 9.69 Å². The standard InChI is InChI=1S/C10H20N2O2/c1-2-3-4-11-10(13)9-12-5-7-14-8-6-12/h2-9H2,1H3,(H,11,13). The first kappa shape index (κ1) is 11.5. The van der Waals surface area contributed by atoms with Gasteiger partial charge in [-0.25, -0.2) is 0 Å². The molecule has 0 spiro atoms. The molecule has 14 heavy (non-hydrogen) atoms. The first-order valence-corrected chi connectivity index (χ1v) is 5.39. The lowest BCUT2D eigenvalue weighted by molar-refractivity contribution is -0.123. The fraction of sp³-hybridized carbons (Fsp3) is 0.900. The van der Waals surface area contributed by atoms with Crippen molar-refractivity contribution in [2.75, 3.05) is 39.4 Å². The second-order valence-electron chi connectivity index (χ2n) is 3.59. The van der Waals surface area contributed by atoms with Crippen molar-refractivity contribution in [3.05, 3.63) is 0 Å². The second-order valence-corrected chi connectivity index (χ2v) is 3.59. The van der Waals surface area contributed by atoms with Crippen molar-refractivity contribution < 1.29 is 9.53 Å². The van der Waals surface area contributed by atoms with Crippen molar-refractivity contribution in [3.8, 4) is 0 Å². The van der Waals surface area contributed by atoms with E-state index >= 15 is 0 Å². The number of carbonyl (C=O) groups excluding carboxylic acids is 1. The second kappa shape index (κ2) is 6.79. The molecule has 0 saturated carbocycles. The SMILES string of the molecule is CCCCNC(=O)CN1CCOCC1. The van der Waals surface area contributed by atoms with E-state index in [1.54, 1.807) is 0 Å². The smallest absolute Gasteiger partial charge is 0.234 e. The van der Waals surface area contributed by atoms with Gasteiger partial charge in [-0.05, 0) is 6.42 Å². The van der Waals surface area contributed by atoms with Gasteiger partial charge in [-0.1, -0.05) is 13.3 Å². The molecule has 1 heterocycles. The molecule has 0 atom stereocenters. The van der Waals surface area contributed by atoms with Crippen LogP contribution in [0.5, 0.6) is 0 Å². The highest BCUT2D eigenvalue weighted by Crippen LogP contribution is 1.95. The van der Waals surface area contributed by atoms with Crippen LogP contribution in [0.4, 0.5) is 0 Å². The molecule has 1 amide bonds. The topological polar surface area (TPSA) is 41.6 Å². The monoisotopic (exact) mass is 200 g/mol. The molecule has 0 aromatic carbocycles. The van der Waals surface area contributed by atoms with E-state index in [4.69, 9.17) is 4.74 Å². The molecule has 4 nitrogen and oxygen atoms in total. The van der Waals surface area contributed by atoms with Crippen LogP contribution in [0.25, 0.3) is 0 Å². The molecule has 0 aliphatic carbocycles. The van der Waals surface area contributed by atoms with Crippen LogP contribution in [0.3, 0.4) is 0 Å². The summed E-state index contributed by atoms with van der Waals surface area (Å²) in [5.41, 5.74) is 0. The van der Waals surface area contributed by atoms with E-state index in [1.165, 1.54) is 0 Å². The zero-order chi connectivity index (χ0) is 10.2. The van der Waals surface area contributed by atoms with E-state index in [0.29, 0.717) is 6.54 Å². The summed E-state index contributed by atoms with van der Waals surface area (Å²) in [7, 11) is 0. The Kier molecular flexibility index (Phi) is 5.56. The van der Waals surface area contributed by atoms with E-state index in [0.717, 1.165) is 45.7 Å². The molecular weight excluding hydrogens is 180 g/mol. The summed E-state index contributed by atoms with van der Waals surface area (Å²) in [5.74, 6) is 0.139. The minimum Gasteiger partial charge on any atom is -0.379 e. The third kappa shape index (κ3) is 4.58. The van der Waals surface area contributed by atoms with Crippen LogP contribution in [0.15, 0.2) is 0 Å². The normalized spacial score (nSPS) is 18.1. The lowest BCUT2D eigenvalue weighted by Crippen LogP contribution is -2.43. The molecule has 0 bridgehead atoms. The van der Waals surface area contributed by atoms with Crippen LogP contribution in [0, 0.1) is 0 Å². The van der Waals surface area contributed by atoms with Crippen LogP contribution >= 0.6 is 0 Å². The average Bonchev–Trinajstić information content (AvgIpc) is 2.20. The lowest BCUT2D eigenvalue weighted by atomic mass is 10.3. The number of unbranched alkanes of at least 4 members (excludes halogenated alkanes) is 1. The Morgan fingerprint density at radius 2 is 2.14 bits per heavy atom. The largest absolute Gasteiger partial charge is 0.379 e. The first-order valence-electron chi connectivity index (χ1n) is 5.39. The zero-order valence-electron chi connectivity index (χ0n) is 8.92. The summed E-state index contributed by atoms with van der Waals surface area (Å²) in [6.07, 6.45) is 2.19. The Morgan fingerprint density at radius 3 is 2.79 bits per heavy atom. The van der Waals surface area contributed by atoms with E-state index < -0.39 is 0 Å². The van der Waals surface area contributed by atoms with Gasteiger partial charge in [0.2, 0.25) is 5.91 Å². The number of carbonyl (C=O) groups is 1. The summed E-state index contributed by atoms with van der Waals surface area (Å²) in [5, 5.41) is 2.91. The number of hydrogen-bond donors (Lipinski definition) is 1. The van der Waals surface area contributed by atoms with Crippen LogP contribution in [0.2, 0.25) is 0 Å². The number of morpholine rings is 1. The maximum absolute atomic E-state index is 11.4. The first-order chi connectivity index (χ1) is 6.83. The number of nitrogens with zero attached hydrogens (tertiary/aromatic N) is 1. The Balaban J connectivity index is 2.06. The Bertz CT molecular complexity index is 168. The minimum absolute atomic E-state index is 0.139. The maximum atomic E-state index is 11.4. The van der Waals surface area contributed by atoms with Crippen molar-refractivity contribution in [1.82, 2.24) is 10.2 Å². The molecule has 1 fully saturated rings. The fourth-order valence-corrected chi connectivity index (χ4v) is 1.42. The molecule has 4 heteroatoms. The predicted molar refractivity (Wildman–Crippen MR) is 55.2 cm³/mol. The highest BCUT2D eigenvalue weighted by atomic mass is 16.5. The zero-order valence-corrected chi connectivity index (χ0v) is 8.92. The summed E-state index contributed by atoms with van der Waals surface area (Å²) in [6, 6.07) is 0. The number of ether oxygens (including phenoxy) is 1. The highest BCUT2D eigenvalue weighted by molar-refractivity contribution is 5.77. The van der Waals surface area contributed by atoms with Gasteiger partial charge < -0.3 is 10.1 Å². The fourth-order valence-electron chi connectivity index (χ4n) is 1.42. The third-order valence-electron chi connectivity index (χ3n) is 2.32. The Hall–Kier alpha value is -0.610. The number of nitrogens with one attached hydrogen (secondary N) is 1. The molecule has 1 saturated heterocycles.